The van der Waals surface area contributed by atoms with Crippen LogP contribution in [-0.4, -0.2) is 21.0 Å². The summed E-state index contributed by atoms with van der Waals surface area (Å²) in [5.74, 6) is -0.954. The standard InChI is InChI=1S/C11H8BrClN4O3/c1-5-2-3-6(13)4-7(5)14-11(18)9-8(12)10(16-15-9)17(19)20/h2-4H,1H3,(H,14,18)(H,15,16). The fraction of sp³-hybridized carbons (Fsp3) is 0.0909. The van der Waals surface area contributed by atoms with Crippen LogP contribution in [0.4, 0.5) is 11.5 Å². The van der Waals surface area contributed by atoms with Crippen molar-refractivity contribution < 1.29 is 9.72 Å². The first-order valence-electron chi connectivity index (χ1n) is 5.36. The maximum Gasteiger partial charge on any atom is 0.357 e. The van der Waals surface area contributed by atoms with E-state index in [2.05, 4.69) is 31.4 Å². The fourth-order valence-corrected chi connectivity index (χ4v) is 2.18. The average molecular weight is 360 g/mol. The third kappa shape index (κ3) is 2.81. The molecule has 0 aliphatic carbocycles. The molecule has 2 N–H and O–H groups in total. The number of carbonyl (C=O) groups excluding carboxylic acids is 1. The second-order valence-corrected chi connectivity index (χ2v) is 5.13. The molecule has 1 amide bonds. The lowest BCUT2D eigenvalue weighted by Gasteiger charge is -2.07. The Bertz CT molecular complexity index is 701. The summed E-state index contributed by atoms with van der Waals surface area (Å²) < 4.78 is -0.000295. The number of rotatable bonds is 3. The minimum absolute atomic E-state index is 0.000295. The zero-order chi connectivity index (χ0) is 14.9. The monoisotopic (exact) mass is 358 g/mol. The van der Waals surface area contributed by atoms with Gasteiger partial charge in [-0.25, -0.2) is 0 Å². The highest BCUT2D eigenvalue weighted by Crippen LogP contribution is 2.27. The Hall–Kier alpha value is -1.93. The van der Waals surface area contributed by atoms with Crippen molar-refractivity contribution in [1.82, 2.24) is 10.2 Å². The summed E-state index contributed by atoms with van der Waals surface area (Å²) >= 11 is 8.83. The summed E-state index contributed by atoms with van der Waals surface area (Å²) in [6.45, 7) is 1.80. The van der Waals surface area contributed by atoms with Crippen molar-refractivity contribution in [3.63, 3.8) is 0 Å². The number of aryl methyl sites for hydroxylation is 1. The topological polar surface area (TPSA) is 101 Å². The highest BCUT2D eigenvalue weighted by molar-refractivity contribution is 9.10. The lowest BCUT2D eigenvalue weighted by atomic mass is 10.2. The van der Waals surface area contributed by atoms with Gasteiger partial charge in [-0.2, -0.15) is 0 Å². The first-order valence-corrected chi connectivity index (χ1v) is 6.53. The molecule has 20 heavy (non-hydrogen) atoms. The predicted octanol–water partition coefficient (Wildman–Crippen LogP) is 3.29. The Morgan fingerprint density at radius 2 is 2.25 bits per heavy atom. The van der Waals surface area contributed by atoms with Gasteiger partial charge in [-0.1, -0.05) is 22.8 Å². The lowest BCUT2D eigenvalue weighted by Crippen LogP contribution is -2.14. The lowest BCUT2D eigenvalue weighted by molar-refractivity contribution is -0.390. The third-order valence-corrected chi connectivity index (χ3v) is 3.52. The van der Waals surface area contributed by atoms with E-state index in [9.17, 15) is 14.9 Å². The van der Waals surface area contributed by atoms with Crippen LogP contribution in [0.3, 0.4) is 0 Å². The van der Waals surface area contributed by atoms with E-state index in [1.165, 1.54) is 0 Å². The summed E-state index contributed by atoms with van der Waals surface area (Å²) in [5.41, 5.74) is 1.22. The second-order valence-electron chi connectivity index (χ2n) is 3.91. The van der Waals surface area contributed by atoms with Crippen LogP contribution >= 0.6 is 27.5 Å². The number of H-pyrrole nitrogens is 1. The Labute approximate surface area is 126 Å². The zero-order valence-electron chi connectivity index (χ0n) is 10.1. The van der Waals surface area contributed by atoms with Crippen molar-refractivity contribution in [2.24, 2.45) is 0 Å². The number of hydrogen-bond acceptors (Lipinski definition) is 4. The average Bonchev–Trinajstić information content (AvgIpc) is 2.76. The van der Waals surface area contributed by atoms with Gasteiger partial charge in [0.05, 0.1) is 0 Å². The van der Waals surface area contributed by atoms with E-state index in [0.717, 1.165) is 5.56 Å². The molecule has 9 heteroatoms. The molecule has 0 radical (unpaired) electrons. The molecule has 0 bridgehead atoms. The maximum absolute atomic E-state index is 12.0. The van der Waals surface area contributed by atoms with E-state index in [0.29, 0.717) is 10.7 Å². The number of nitrogens with zero attached hydrogens (tertiary/aromatic N) is 2. The van der Waals surface area contributed by atoms with Crippen LogP contribution < -0.4 is 5.32 Å². The summed E-state index contributed by atoms with van der Waals surface area (Å²) in [7, 11) is 0. The van der Waals surface area contributed by atoms with Crippen LogP contribution in [0.5, 0.6) is 0 Å². The molecule has 0 atom stereocenters. The number of anilines is 1. The Morgan fingerprint density at radius 3 is 2.85 bits per heavy atom. The van der Waals surface area contributed by atoms with E-state index in [4.69, 9.17) is 11.6 Å². The quantitative estimate of drug-likeness (QED) is 0.648. The maximum atomic E-state index is 12.0. The van der Waals surface area contributed by atoms with Gasteiger partial charge in [0.2, 0.25) is 0 Å². The van der Waals surface area contributed by atoms with Gasteiger partial charge < -0.3 is 15.4 Å². The van der Waals surface area contributed by atoms with Gasteiger partial charge in [-0.15, -0.1) is 5.10 Å². The summed E-state index contributed by atoms with van der Waals surface area (Å²) in [6.07, 6.45) is 0. The molecule has 2 aromatic rings. The Morgan fingerprint density at radius 1 is 1.55 bits per heavy atom. The highest BCUT2D eigenvalue weighted by Gasteiger charge is 2.24. The van der Waals surface area contributed by atoms with Gasteiger partial charge in [0.25, 0.3) is 5.91 Å². The SMILES string of the molecule is Cc1ccc(Cl)cc1NC(=O)c1n[nH]c([N+](=O)[O-])c1Br. The molecule has 0 saturated carbocycles. The fourth-order valence-electron chi connectivity index (χ4n) is 1.50. The first-order chi connectivity index (χ1) is 9.40. The van der Waals surface area contributed by atoms with E-state index < -0.39 is 10.8 Å². The molecule has 104 valence electrons. The normalized spacial score (nSPS) is 10.3. The van der Waals surface area contributed by atoms with Gasteiger partial charge in [0.15, 0.2) is 5.69 Å². The van der Waals surface area contributed by atoms with Crippen LogP contribution in [0.1, 0.15) is 16.1 Å². The number of aromatic nitrogens is 2. The molecule has 0 saturated heterocycles. The molecule has 0 fully saturated rings. The van der Waals surface area contributed by atoms with Crippen molar-refractivity contribution in [2.45, 2.75) is 6.92 Å². The van der Waals surface area contributed by atoms with Crippen molar-refractivity contribution in [3.8, 4) is 0 Å². The minimum Gasteiger partial charge on any atom is -0.358 e. The first kappa shape index (κ1) is 14.5. The largest absolute Gasteiger partial charge is 0.358 e. The third-order valence-electron chi connectivity index (χ3n) is 2.53. The number of hydrogen-bond donors (Lipinski definition) is 2. The Kier molecular flexibility index (Phi) is 4.05. The van der Waals surface area contributed by atoms with Gasteiger partial charge in [0, 0.05) is 10.7 Å². The van der Waals surface area contributed by atoms with Gasteiger partial charge in [0.1, 0.15) is 4.47 Å². The number of nitrogens with one attached hydrogen (secondary N) is 2. The van der Waals surface area contributed by atoms with E-state index >= 15 is 0 Å². The van der Waals surface area contributed by atoms with Crippen molar-refractivity contribution in [3.05, 3.63) is 49.1 Å². The summed E-state index contributed by atoms with van der Waals surface area (Å²) in [4.78, 5) is 22.0. The molecular formula is C11H8BrClN4O3. The second kappa shape index (κ2) is 5.59. The van der Waals surface area contributed by atoms with Crippen LogP contribution in [0.25, 0.3) is 0 Å². The molecule has 0 unspecified atom stereocenters. The number of benzene rings is 1. The molecule has 1 aromatic carbocycles. The number of aromatic amines is 1. The van der Waals surface area contributed by atoms with E-state index in [1.807, 2.05) is 0 Å². The number of halogens is 2. The number of amides is 1. The molecular weight excluding hydrogens is 352 g/mol. The summed E-state index contributed by atoms with van der Waals surface area (Å²) in [5, 5.41) is 19.6. The van der Waals surface area contributed by atoms with E-state index in [-0.39, 0.29) is 16.0 Å². The van der Waals surface area contributed by atoms with Crippen molar-refractivity contribution >= 4 is 44.9 Å². The molecule has 0 spiro atoms. The number of carbonyl (C=O) groups is 1. The van der Waals surface area contributed by atoms with Crippen molar-refractivity contribution in [1.29, 1.82) is 0 Å². The summed E-state index contributed by atoms with van der Waals surface area (Å²) in [6, 6.07) is 5.03. The smallest absolute Gasteiger partial charge is 0.357 e. The minimum atomic E-state index is -0.668. The molecule has 1 aromatic heterocycles. The molecule has 2 rings (SSSR count). The highest BCUT2D eigenvalue weighted by atomic mass is 79.9. The number of nitro groups is 1. The van der Waals surface area contributed by atoms with Gasteiger partial charge in [-0.3, -0.25) is 4.79 Å². The molecule has 0 aliphatic rings. The van der Waals surface area contributed by atoms with Gasteiger partial charge >= 0.3 is 5.82 Å². The van der Waals surface area contributed by atoms with Crippen LogP contribution in [0.2, 0.25) is 5.02 Å². The zero-order valence-corrected chi connectivity index (χ0v) is 12.4. The van der Waals surface area contributed by atoms with Crippen molar-refractivity contribution in [2.75, 3.05) is 5.32 Å². The van der Waals surface area contributed by atoms with E-state index in [1.54, 1.807) is 25.1 Å². The van der Waals surface area contributed by atoms with Gasteiger partial charge in [-0.05, 0) is 45.5 Å². The van der Waals surface area contributed by atoms with Crippen LogP contribution in [0.15, 0.2) is 22.7 Å². The Balaban J connectivity index is 2.29. The molecule has 0 aliphatic heterocycles. The predicted molar refractivity (Wildman–Crippen MR) is 77.1 cm³/mol. The molecule has 7 nitrogen and oxygen atoms in total. The van der Waals surface area contributed by atoms with Crippen LogP contribution in [-0.2, 0) is 0 Å². The van der Waals surface area contributed by atoms with Crippen LogP contribution in [0, 0.1) is 17.0 Å². The molecule has 1 heterocycles.